The summed E-state index contributed by atoms with van der Waals surface area (Å²) >= 11 is 1.93. The molecule has 3 rings (SSSR count). The average Bonchev–Trinajstić information content (AvgIpc) is 2.50. The molecule has 2 aliphatic heterocycles. The second-order valence-corrected chi connectivity index (χ2v) is 6.68. The van der Waals surface area contributed by atoms with Gasteiger partial charge in [-0.25, -0.2) is 0 Å². The van der Waals surface area contributed by atoms with Crippen LogP contribution in [0.1, 0.15) is 5.56 Å². The Morgan fingerprint density at radius 3 is 2.71 bits per heavy atom. The molecule has 0 amide bonds. The van der Waals surface area contributed by atoms with Gasteiger partial charge in [-0.05, 0) is 24.1 Å². The number of nitrogens with one attached hydrogen (secondary N) is 1. The summed E-state index contributed by atoms with van der Waals surface area (Å²) in [5.41, 5.74) is 1.33. The van der Waals surface area contributed by atoms with Gasteiger partial charge in [-0.3, -0.25) is 0 Å². The SMILES string of the molecule is COc1ccc(CCN2CCNCC2)cc1OC1CSC1. The number of rotatable bonds is 6. The third kappa shape index (κ3) is 4.05. The molecule has 2 saturated heterocycles. The fraction of sp³-hybridized carbons (Fsp3) is 0.625. The normalized spacial score (nSPS) is 20.0. The lowest BCUT2D eigenvalue weighted by Crippen LogP contribution is -2.44. The van der Waals surface area contributed by atoms with E-state index in [9.17, 15) is 0 Å². The van der Waals surface area contributed by atoms with E-state index in [1.807, 2.05) is 17.8 Å². The van der Waals surface area contributed by atoms with E-state index >= 15 is 0 Å². The molecule has 116 valence electrons. The highest BCUT2D eigenvalue weighted by Crippen LogP contribution is 2.32. The molecule has 0 bridgehead atoms. The predicted molar refractivity (Wildman–Crippen MR) is 87.7 cm³/mol. The molecule has 0 saturated carbocycles. The number of ether oxygens (including phenoxy) is 2. The topological polar surface area (TPSA) is 33.7 Å². The molecule has 1 aromatic carbocycles. The van der Waals surface area contributed by atoms with E-state index in [4.69, 9.17) is 9.47 Å². The Hall–Kier alpha value is -0.910. The molecule has 2 heterocycles. The first-order valence-corrected chi connectivity index (χ1v) is 8.85. The number of methoxy groups -OCH3 is 1. The van der Waals surface area contributed by atoms with Gasteiger partial charge in [0.2, 0.25) is 0 Å². The summed E-state index contributed by atoms with van der Waals surface area (Å²) in [5, 5.41) is 3.39. The molecule has 1 aromatic rings. The molecule has 0 atom stereocenters. The minimum absolute atomic E-state index is 0.354. The highest BCUT2D eigenvalue weighted by molar-refractivity contribution is 8.00. The number of nitrogens with zero attached hydrogens (tertiary/aromatic N) is 1. The highest BCUT2D eigenvalue weighted by atomic mass is 32.2. The number of piperazine rings is 1. The minimum atomic E-state index is 0.354. The van der Waals surface area contributed by atoms with Gasteiger partial charge in [0.15, 0.2) is 11.5 Å². The third-order valence-corrected chi connectivity index (χ3v) is 5.27. The maximum absolute atomic E-state index is 6.04. The van der Waals surface area contributed by atoms with E-state index in [1.54, 1.807) is 7.11 Å². The predicted octanol–water partition coefficient (Wildman–Crippen LogP) is 1.64. The van der Waals surface area contributed by atoms with Crippen molar-refractivity contribution in [1.82, 2.24) is 10.2 Å². The molecule has 0 aromatic heterocycles. The monoisotopic (exact) mass is 308 g/mol. The number of hydrogen-bond acceptors (Lipinski definition) is 5. The summed E-state index contributed by atoms with van der Waals surface area (Å²) in [7, 11) is 1.71. The summed E-state index contributed by atoms with van der Waals surface area (Å²) in [6, 6.07) is 6.35. The van der Waals surface area contributed by atoms with Crippen LogP contribution in [0.3, 0.4) is 0 Å². The molecular weight excluding hydrogens is 284 g/mol. The largest absolute Gasteiger partial charge is 0.493 e. The van der Waals surface area contributed by atoms with Crippen molar-refractivity contribution in [3.63, 3.8) is 0 Å². The van der Waals surface area contributed by atoms with Crippen LogP contribution in [0, 0.1) is 0 Å². The van der Waals surface area contributed by atoms with E-state index in [0.717, 1.165) is 62.1 Å². The van der Waals surface area contributed by atoms with Crippen LogP contribution in [0.25, 0.3) is 0 Å². The van der Waals surface area contributed by atoms with Crippen molar-refractivity contribution in [2.45, 2.75) is 12.5 Å². The summed E-state index contributed by atoms with van der Waals surface area (Å²) in [6.45, 7) is 5.64. The summed E-state index contributed by atoms with van der Waals surface area (Å²) < 4.78 is 11.4. The van der Waals surface area contributed by atoms with Gasteiger partial charge < -0.3 is 19.7 Å². The first-order valence-electron chi connectivity index (χ1n) is 7.69. The Morgan fingerprint density at radius 1 is 1.24 bits per heavy atom. The van der Waals surface area contributed by atoms with Crippen LogP contribution >= 0.6 is 11.8 Å². The Balaban J connectivity index is 1.59. The molecule has 4 nitrogen and oxygen atoms in total. The van der Waals surface area contributed by atoms with E-state index in [2.05, 4.69) is 22.3 Å². The van der Waals surface area contributed by atoms with Gasteiger partial charge in [0.1, 0.15) is 6.10 Å². The van der Waals surface area contributed by atoms with Gasteiger partial charge in [-0.2, -0.15) is 11.8 Å². The number of benzene rings is 1. The van der Waals surface area contributed by atoms with Crippen molar-refractivity contribution in [1.29, 1.82) is 0 Å². The van der Waals surface area contributed by atoms with Crippen LogP contribution in [-0.4, -0.2) is 62.3 Å². The van der Waals surface area contributed by atoms with Crippen molar-refractivity contribution in [2.24, 2.45) is 0 Å². The zero-order chi connectivity index (χ0) is 14.5. The lowest BCUT2D eigenvalue weighted by atomic mass is 10.1. The van der Waals surface area contributed by atoms with Crippen molar-refractivity contribution in [3.05, 3.63) is 23.8 Å². The quantitative estimate of drug-likeness (QED) is 0.864. The first-order chi connectivity index (χ1) is 10.3. The third-order valence-electron chi connectivity index (χ3n) is 4.06. The van der Waals surface area contributed by atoms with E-state index in [-0.39, 0.29) is 0 Å². The van der Waals surface area contributed by atoms with Crippen molar-refractivity contribution in [3.8, 4) is 11.5 Å². The molecule has 0 unspecified atom stereocenters. The summed E-state index contributed by atoms with van der Waals surface area (Å²) in [4.78, 5) is 2.52. The van der Waals surface area contributed by atoms with Gasteiger partial charge >= 0.3 is 0 Å². The molecule has 5 heteroatoms. The van der Waals surface area contributed by atoms with Crippen LogP contribution in [-0.2, 0) is 6.42 Å². The zero-order valence-corrected chi connectivity index (χ0v) is 13.5. The zero-order valence-electron chi connectivity index (χ0n) is 12.6. The molecule has 0 spiro atoms. The van der Waals surface area contributed by atoms with E-state index < -0.39 is 0 Å². The van der Waals surface area contributed by atoms with Crippen LogP contribution in [0.2, 0.25) is 0 Å². The van der Waals surface area contributed by atoms with Crippen LogP contribution in [0.15, 0.2) is 18.2 Å². The lowest BCUT2D eigenvalue weighted by molar-refractivity contribution is 0.227. The maximum Gasteiger partial charge on any atom is 0.161 e. The standard InChI is InChI=1S/C16H24N2O2S/c1-19-15-3-2-13(4-7-18-8-5-17-6-9-18)10-16(15)20-14-11-21-12-14/h2-3,10,14,17H,4-9,11-12H2,1H3. The molecule has 0 radical (unpaired) electrons. The molecular formula is C16H24N2O2S. The van der Waals surface area contributed by atoms with Gasteiger partial charge in [-0.1, -0.05) is 6.07 Å². The lowest BCUT2D eigenvalue weighted by Gasteiger charge is -2.28. The number of thioether (sulfide) groups is 1. The van der Waals surface area contributed by atoms with E-state index in [0.29, 0.717) is 6.10 Å². The smallest absolute Gasteiger partial charge is 0.161 e. The molecule has 2 fully saturated rings. The Labute approximate surface area is 131 Å². The van der Waals surface area contributed by atoms with Crippen LogP contribution < -0.4 is 14.8 Å². The van der Waals surface area contributed by atoms with Gasteiger partial charge in [0, 0.05) is 44.2 Å². The van der Waals surface area contributed by atoms with Gasteiger partial charge in [0.05, 0.1) is 7.11 Å². The van der Waals surface area contributed by atoms with Gasteiger partial charge in [0.25, 0.3) is 0 Å². The maximum atomic E-state index is 6.04. The van der Waals surface area contributed by atoms with Gasteiger partial charge in [-0.15, -0.1) is 0 Å². The Kier molecular flexibility index (Phi) is 5.27. The van der Waals surface area contributed by atoms with Crippen molar-refractivity contribution in [2.75, 3.05) is 51.3 Å². The van der Waals surface area contributed by atoms with E-state index in [1.165, 1.54) is 5.56 Å². The van der Waals surface area contributed by atoms with Crippen LogP contribution in [0.4, 0.5) is 0 Å². The van der Waals surface area contributed by atoms with Crippen LogP contribution in [0.5, 0.6) is 11.5 Å². The molecule has 0 aliphatic carbocycles. The Morgan fingerprint density at radius 2 is 2.05 bits per heavy atom. The Bertz CT molecular complexity index is 460. The fourth-order valence-electron chi connectivity index (χ4n) is 2.65. The summed E-state index contributed by atoms with van der Waals surface area (Å²) in [6.07, 6.45) is 1.42. The molecule has 2 aliphatic rings. The average molecular weight is 308 g/mol. The summed E-state index contributed by atoms with van der Waals surface area (Å²) in [5.74, 6) is 3.93. The second-order valence-electron chi connectivity index (χ2n) is 5.60. The second kappa shape index (κ2) is 7.38. The number of hydrogen-bond donors (Lipinski definition) is 1. The highest BCUT2D eigenvalue weighted by Gasteiger charge is 2.21. The fourth-order valence-corrected chi connectivity index (χ4v) is 3.22. The first kappa shape index (κ1) is 15.0. The van der Waals surface area contributed by atoms with Crippen molar-refractivity contribution >= 4 is 11.8 Å². The van der Waals surface area contributed by atoms with Crippen molar-refractivity contribution < 1.29 is 9.47 Å². The minimum Gasteiger partial charge on any atom is -0.493 e. The molecule has 21 heavy (non-hydrogen) atoms. The molecule has 1 N–H and O–H groups in total.